The molecule has 0 spiro atoms. The van der Waals surface area contributed by atoms with Crippen LogP contribution in [0.5, 0.6) is 0 Å². The molecule has 8 heteroatoms. The van der Waals surface area contributed by atoms with E-state index in [1.54, 1.807) is 13.8 Å². The first kappa shape index (κ1) is 12.4. The van der Waals surface area contributed by atoms with Crippen molar-refractivity contribution in [3.63, 3.8) is 0 Å². The highest BCUT2D eigenvalue weighted by Gasteiger charge is 2.24. The Bertz CT molecular complexity index is 387. The van der Waals surface area contributed by atoms with Crippen LogP contribution in [0.4, 0.5) is 11.9 Å². The van der Waals surface area contributed by atoms with Crippen molar-refractivity contribution in [3.8, 4) is 0 Å². The van der Waals surface area contributed by atoms with Gasteiger partial charge in [0.05, 0.1) is 5.41 Å². The zero-order valence-corrected chi connectivity index (χ0v) is 9.75. The molecule has 1 aromatic heterocycles. The molecule has 0 aliphatic carbocycles. The number of rotatable bonds is 4. The van der Waals surface area contributed by atoms with Gasteiger partial charge in [-0.15, -0.1) is 0 Å². The maximum atomic E-state index is 11.1. The number of carbonyl (C=O) groups is 1. The molecule has 0 aliphatic rings. The first-order valence-corrected chi connectivity index (χ1v) is 4.90. The number of hydrogen-bond donors (Lipinski definition) is 3. The second-order valence-corrected chi connectivity index (χ2v) is 4.23. The van der Waals surface area contributed by atoms with Crippen molar-refractivity contribution in [3.05, 3.63) is 5.28 Å². The summed E-state index contributed by atoms with van der Waals surface area (Å²) in [5.41, 5.74) is 9.88. The molecule has 0 fully saturated rings. The van der Waals surface area contributed by atoms with Crippen molar-refractivity contribution in [1.82, 2.24) is 15.0 Å². The van der Waals surface area contributed by atoms with E-state index in [2.05, 4.69) is 20.3 Å². The van der Waals surface area contributed by atoms with Crippen LogP contribution in [0.2, 0.25) is 5.28 Å². The van der Waals surface area contributed by atoms with Gasteiger partial charge < -0.3 is 16.8 Å². The van der Waals surface area contributed by atoms with Crippen LogP contribution in [0.25, 0.3) is 0 Å². The number of anilines is 2. The number of amides is 1. The predicted molar refractivity (Wildman–Crippen MR) is 60.7 cm³/mol. The summed E-state index contributed by atoms with van der Waals surface area (Å²) < 4.78 is 0. The van der Waals surface area contributed by atoms with E-state index in [0.29, 0.717) is 0 Å². The molecule has 88 valence electrons. The van der Waals surface area contributed by atoms with Crippen molar-refractivity contribution in [2.45, 2.75) is 13.8 Å². The quantitative estimate of drug-likeness (QED) is 0.687. The van der Waals surface area contributed by atoms with Gasteiger partial charge in [-0.1, -0.05) is 0 Å². The summed E-state index contributed by atoms with van der Waals surface area (Å²) >= 11 is 5.59. The van der Waals surface area contributed by atoms with E-state index in [-0.39, 0.29) is 23.7 Å². The second kappa shape index (κ2) is 4.48. The Labute approximate surface area is 97.6 Å². The fourth-order valence-corrected chi connectivity index (χ4v) is 0.998. The molecule has 1 heterocycles. The Kier molecular flexibility index (Phi) is 3.48. The largest absolute Gasteiger partial charge is 0.369 e. The average molecular weight is 245 g/mol. The number of halogens is 1. The molecule has 1 rings (SSSR count). The summed E-state index contributed by atoms with van der Waals surface area (Å²) in [4.78, 5) is 22.3. The minimum atomic E-state index is -0.714. The minimum absolute atomic E-state index is 0.00752. The topological polar surface area (TPSA) is 120 Å². The molecule has 1 amide bonds. The van der Waals surface area contributed by atoms with E-state index >= 15 is 0 Å². The molecule has 1 aromatic rings. The molecule has 0 bridgehead atoms. The Morgan fingerprint density at radius 3 is 2.56 bits per heavy atom. The van der Waals surface area contributed by atoms with E-state index in [0.717, 1.165) is 0 Å². The molecule has 0 atom stereocenters. The summed E-state index contributed by atoms with van der Waals surface area (Å²) in [5.74, 6) is -0.195. The monoisotopic (exact) mass is 244 g/mol. The molecule has 0 saturated carbocycles. The second-order valence-electron chi connectivity index (χ2n) is 3.89. The molecule has 0 radical (unpaired) electrons. The lowest BCUT2D eigenvalue weighted by molar-refractivity contribution is -0.125. The maximum Gasteiger partial charge on any atom is 0.228 e. The van der Waals surface area contributed by atoms with Gasteiger partial charge in [-0.3, -0.25) is 4.79 Å². The van der Waals surface area contributed by atoms with E-state index in [9.17, 15) is 4.79 Å². The molecule has 7 nitrogen and oxygen atoms in total. The van der Waals surface area contributed by atoms with Gasteiger partial charge in [0.2, 0.25) is 23.1 Å². The van der Waals surface area contributed by atoms with Crippen molar-refractivity contribution in [1.29, 1.82) is 0 Å². The first-order chi connectivity index (χ1) is 7.31. The standard InChI is InChI=1S/C8H13ClN6O/c1-8(2,4(10)16)3-12-7-14-5(9)13-6(11)15-7/h3H2,1-2H3,(H2,10,16)(H3,11,12,13,14,15). The van der Waals surface area contributed by atoms with Crippen LogP contribution in [-0.2, 0) is 4.79 Å². The zero-order valence-electron chi connectivity index (χ0n) is 8.99. The minimum Gasteiger partial charge on any atom is -0.369 e. The summed E-state index contributed by atoms with van der Waals surface area (Å²) in [7, 11) is 0. The predicted octanol–water partition coefficient (Wildman–Crippen LogP) is 0.0306. The van der Waals surface area contributed by atoms with Crippen molar-refractivity contribution in [2.75, 3.05) is 17.6 Å². The van der Waals surface area contributed by atoms with E-state index in [1.165, 1.54) is 0 Å². The fraction of sp³-hybridized carbons (Fsp3) is 0.500. The Morgan fingerprint density at radius 2 is 2.06 bits per heavy atom. The number of aromatic nitrogens is 3. The highest BCUT2D eigenvalue weighted by Crippen LogP contribution is 2.15. The SMILES string of the molecule is CC(C)(CNc1nc(N)nc(Cl)n1)C(N)=O. The van der Waals surface area contributed by atoms with Gasteiger partial charge in [0, 0.05) is 6.54 Å². The van der Waals surface area contributed by atoms with Gasteiger partial charge in [-0.25, -0.2) is 0 Å². The summed E-state index contributed by atoms with van der Waals surface area (Å²) in [6.45, 7) is 3.69. The zero-order chi connectivity index (χ0) is 12.3. The average Bonchev–Trinajstić information content (AvgIpc) is 2.13. The fourth-order valence-electron chi connectivity index (χ4n) is 0.832. The molecule has 5 N–H and O–H groups in total. The number of nitrogens with two attached hydrogens (primary N) is 2. The Morgan fingerprint density at radius 1 is 1.44 bits per heavy atom. The normalized spacial score (nSPS) is 11.2. The summed E-state index contributed by atoms with van der Waals surface area (Å²) in [5, 5.41) is 2.81. The molecule has 0 aromatic carbocycles. The maximum absolute atomic E-state index is 11.1. The highest BCUT2D eigenvalue weighted by atomic mass is 35.5. The van der Waals surface area contributed by atoms with Gasteiger partial charge in [0.1, 0.15) is 0 Å². The van der Waals surface area contributed by atoms with E-state index in [4.69, 9.17) is 23.1 Å². The molecular weight excluding hydrogens is 232 g/mol. The van der Waals surface area contributed by atoms with Crippen LogP contribution in [-0.4, -0.2) is 27.4 Å². The van der Waals surface area contributed by atoms with Gasteiger partial charge in [-0.05, 0) is 25.4 Å². The smallest absolute Gasteiger partial charge is 0.228 e. The lowest BCUT2D eigenvalue weighted by Gasteiger charge is -2.20. The molecular formula is C8H13ClN6O. The number of nitrogen functional groups attached to an aromatic ring is 1. The number of nitrogens with zero attached hydrogens (tertiary/aromatic N) is 3. The molecule has 0 unspecified atom stereocenters. The number of carbonyl (C=O) groups excluding carboxylic acids is 1. The Balaban J connectivity index is 2.71. The van der Waals surface area contributed by atoms with E-state index < -0.39 is 11.3 Å². The van der Waals surface area contributed by atoms with Crippen molar-refractivity contribution in [2.24, 2.45) is 11.1 Å². The first-order valence-electron chi connectivity index (χ1n) is 4.52. The van der Waals surface area contributed by atoms with Crippen molar-refractivity contribution >= 4 is 29.4 Å². The third-order valence-electron chi connectivity index (χ3n) is 1.98. The summed E-state index contributed by atoms with van der Waals surface area (Å²) in [6.07, 6.45) is 0. The number of hydrogen-bond acceptors (Lipinski definition) is 6. The number of nitrogens with one attached hydrogen (secondary N) is 1. The number of primary amides is 1. The molecule has 0 aliphatic heterocycles. The van der Waals surface area contributed by atoms with Gasteiger partial charge >= 0.3 is 0 Å². The van der Waals surface area contributed by atoms with Crippen molar-refractivity contribution < 1.29 is 4.79 Å². The van der Waals surface area contributed by atoms with E-state index in [1.807, 2.05) is 0 Å². The van der Waals surface area contributed by atoms with Crippen LogP contribution in [0.15, 0.2) is 0 Å². The highest BCUT2D eigenvalue weighted by molar-refractivity contribution is 6.28. The van der Waals surface area contributed by atoms with Crippen LogP contribution in [0, 0.1) is 5.41 Å². The van der Waals surface area contributed by atoms with Gasteiger partial charge in [0.15, 0.2) is 0 Å². The van der Waals surface area contributed by atoms with Crippen LogP contribution in [0.1, 0.15) is 13.8 Å². The van der Waals surface area contributed by atoms with Crippen LogP contribution >= 0.6 is 11.6 Å². The lowest BCUT2D eigenvalue weighted by atomic mass is 9.93. The van der Waals surface area contributed by atoms with Gasteiger partial charge in [-0.2, -0.15) is 15.0 Å². The molecule has 16 heavy (non-hydrogen) atoms. The Hall–Kier alpha value is -1.63. The van der Waals surface area contributed by atoms with Crippen LogP contribution < -0.4 is 16.8 Å². The lowest BCUT2D eigenvalue weighted by Crippen LogP contribution is -2.37. The van der Waals surface area contributed by atoms with Crippen LogP contribution in [0.3, 0.4) is 0 Å². The third-order valence-corrected chi connectivity index (χ3v) is 2.15. The van der Waals surface area contributed by atoms with Gasteiger partial charge in [0.25, 0.3) is 0 Å². The molecule has 0 saturated heterocycles. The third kappa shape index (κ3) is 3.20. The summed E-state index contributed by atoms with van der Waals surface area (Å²) in [6, 6.07) is 0.